The van der Waals surface area contributed by atoms with Crippen LogP contribution in [0, 0.1) is 0 Å². The average molecular weight is 197 g/mol. The molecule has 0 aliphatic carbocycles. The molecule has 0 aliphatic heterocycles. The van der Waals surface area contributed by atoms with Gasteiger partial charge in [0.2, 0.25) is 0 Å². The molecule has 0 radical (unpaired) electrons. The molecule has 13 heavy (non-hydrogen) atoms. The Morgan fingerprint density at radius 1 is 1.31 bits per heavy atom. The lowest BCUT2D eigenvalue weighted by atomic mass is 10.3. The molecule has 68 valence electrons. The van der Waals surface area contributed by atoms with Gasteiger partial charge in [0.1, 0.15) is 0 Å². The number of hydrogen-bond acceptors (Lipinski definition) is 3. The molecule has 0 amide bonds. The summed E-state index contributed by atoms with van der Waals surface area (Å²) in [4.78, 5) is 0. The van der Waals surface area contributed by atoms with Gasteiger partial charge >= 0.3 is 0 Å². The minimum absolute atomic E-state index is 0.108. The van der Waals surface area contributed by atoms with Crippen LogP contribution in [0.5, 0.6) is 0 Å². The molecule has 0 saturated heterocycles. The predicted molar refractivity (Wildman–Crippen MR) is 47.5 cm³/mol. The van der Waals surface area contributed by atoms with Crippen molar-refractivity contribution in [2.24, 2.45) is 5.14 Å². The van der Waals surface area contributed by atoms with Crippen LogP contribution in [-0.4, -0.2) is 18.6 Å². The van der Waals surface area contributed by atoms with Crippen LogP contribution in [0.1, 0.15) is 0 Å². The number of sulfonamides is 1. The van der Waals surface area contributed by atoms with Gasteiger partial charge in [-0.1, -0.05) is 12.1 Å². The van der Waals surface area contributed by atoms with Crippen LogP contribution in [0.4, 0.5) is 0 Å². The third-order valence-corrected chi connectivity index (χ3v) is 2.56. The van der Waals surface area contributed by atoms with Gasteiger partial charge in [-0.3, -0.25) is 5.10 Å². The zero-order chi connectivity index (χ0) is 9.47. The first-order valence-corrected chi connectivity index (χ1v) is 5.09. The van der Waals surface area contributed by atoms with Gasteiger partial charge in [-0.2, -0.15) is 5.10 Å². The lowest BCUT2D eigenvalue weighted by Gasteiger charge is -1.91. The van der Waals surface area contributed by atoms with Crippen LogP contribution in [0.25, 0.3) is 10.9 Å². The highest BCUT2D eigenvalue weighted by molar-refractivity contribution is 7.89. The van der Waals surface area contributed by atoms with Crippen molar-refractivity contribution in [3.63, 3.8) is 0 Å². The molecule has 1 aromatic carbocycles. The van der Waals surface area contributed by atoms with Crippen molar-refractivity contribution >= 4 is 20.9 Å². The van der Waals surface area contributed by atoms with Crippen LogP contribution < -0.4 is 5.14 Å². The van der Waals surface area contributed by atoms with Crippen LogP contribution in [-0.2, 0) is 10.0 Å². The van der Waals surface area contributed by atoms with E-state index in [9.17, 15) is 8.42 Å². The minimum Gasteiger partial charge on any atom is -0.276 e. The van der Waals surface area contributed by atoms with Crippen LogP contribution in [0.3, 0.4) is 0 Å². The number of primary sulfonamides is 1. The normalized spacial score (nSPS) is 12.1. The van der Waals surface area contributed by atoms with E-state index in [-0.39, 0.29) is 5.03 Å². The van der Waals surface area contributed by atoms with E-state index in [4.69, 9.17) is 5.14 Å². The quantitative estimate of drug-likeness (QED) is 0.684. The van der Waals surface area contributed by atoms with Crippen LogP contribution in [0.15, 0.2) is 29.3 Å². The molecule has 0 atom stereocenters. The van der Waals surface area contributed by atoms with Crippen molar-refractivity contribution in [3.05, 3.63) is 24.3 Å². The number of nitrogens with one attached hydrogen (secondary N) is 1. The summed E-state index contributed by atoms with van der Waals surface area (Å²) in [5, 5.41) is 11.6. The third kappa shape index (κ3) is 1.30. The second-order valence-electron chi connectivity index (χ2n) is 2.62. The van der Waals surface area contributed by atoms with Crippen molar-refractivity contribution in [3.8, 4) is 0 Å². The van der Waals surface area contributed by atoms with Crippen molar-refractivity contribution in [2.45, 2.75) is 5.03 Å². The fourth-order valence-electron chi connectivity index (χ4n) is 1.16. The van der Waals surface area contributed by atoms with Gasteiger partial charge in [0.15, 0.2) is 5.03 Å². The summed E-state index contributed by atoms with van der Waals surface area (Å²) in [5.41, 5.74) is 0.659. The summed E-state index contributed by atoms with van der Waals surface area (Å²) < 4.78 is 22.0. The fourth-order valence-corrected chi connectivity index (χ4v) is 1.81. The lowest BCUT2D eigenvalue weighted by Crippen LogP contribution is -2.12. The zero-order valence-corrected chi connectivity index (χ0v) is 7.38. The van der Waals surface area contributed by atoms with E-state index < -0.39 is 10.0 Å². The number of H-pyrrole nitrogens is 1. The molecule has 0 aliphatic rings. The molecule has 0 spiro atoms. The van der Waals surface area contributed by atoms with E-state index >= 15 is 0 Å². The highest BCUT2D eigenvalue weighted by atomic mass is 32.2. The largest absolute Gasteiger partial charge is 0.276 e. The van der Waals surface area contributed by atoms with E-state index in [1.165, 1.54) is 0 Å². The fraction of sp³-hybridized carbons (Fsp3) is 0. The zero-order valence-electron chi connectivity index (χ0n) is 6.56. The average Bonchev–Trinajstić information content (AvgIpc) is 2.45. The summed E-state index contributed by atoms with van der Waals surface area (Å²) >= 11 is 0. The SMILES string of the molecule is NS(=O)(=O)c1n[nH]c2ccccc12. The Morgan fingerprint density at radius 3 is 2.69 bits per heavy atom. The first kappa shape index (κ1) is 8.21. The number of nitrogens with zero attached hydrogens (tertiary/aromatic N) is 1. The molecule has 5 nitrogen and oxygen atoms in total. The molecule has 6 heteroatoms. The predicted octanol–water partition coefficient (Wildman–Crippen LogP) is 0.210. The molecule has 0 unspecified atom stereocenters. The van der Waals surface area contributed by atoms with Crippen molar-refractivity contribution in [1.82, 2.24) is 10.2 Å². The second kappa shape index (κ2) is 2.54. The summed E-state index contributed by atoms with van der Waals surface area (Å²) in [6.45, 7) is 0. The molecular formula is C7H7N3O2S. The Kier molecular flexibility index (Phi) is 1.61. The first-order valence-electron chi connectivity index (χ1n) is 3.55. The molecule has 0 saturated carbocycles. The molecule has 1 aromatic heterocycles. The number of hydrogen-bond donors (Lipinski definition) is 2. The van der Waals surface area contributed by atoms with Gasteiger partial charge in [0, 0.05) is 5.39 Å². The van der Waals surface area contributed by atoms with Gasteiger partial charge in [-0.05, 0) is 12.1 Å². The topological polar surface area (TPSA) is 88.8 Å². The van der Waals surface area contributed by atoms with Gasteiger partial charge in [0.25, 0.3) is 10.0 Å². The van der Waals surface area contributed by atoms with Crippen molar-refractivity contribution in [1.29, 1.82) is 0 Å². The Bertz CT molecular complexity index is 544. The molecule has 3 N–H and O–H groups in total. The van der Waals surface area contributed by atoms with Gasteiger partial charge in [-0.25, -0.2) is 13.6 Å². The van der Waals surface area contributed by atoms with E-state index in [2.05, 4.69) is 10.2 Å². The number of benzene rings is 1. The molecule has 0 bridgehead atoms. The molecule has 0 fully saturated rings. The minimum atomic E-state index is -3.73. The standard InChI is InChI=1S/C7H7N3O2S/c8-13(11,12)7-5-3-1-2-4-6(5)9-10-7/h1-4H,(H,9,10)(H2,8,11,12). The maximum absolute atomic E-state index is 11.0. The van der Waals surface area contributed by atoms with Gasteiger partial charge in [-0.15, -0.1) is 0 Å². The van der Waals surface area contributed by atoms with Crippen LogP contribution in [0.2, 0.25) is 0 Å². The molecule has 1 heterocycles. The number of aromatic amines is 1. The highest BCUT2D eigenvalue weighted by Crippen LogP contribution is 2.17. The Hall–Kier alpha value is -1.40. The van der Waals surface area contributed by atoms with E-state index in [0.717, 1.165) is 0 Å². The smallest absolute Gasteiger partial charge is 0.257 e. The van der Waals surface area contributed by atoms with Gasteiger partial charge < -0.3 is 0 Å². The number of para-hydroxylation sites is 1. The highest BCUT2D eigenvalue weighted by Gasteiger charge is 2.15. The summed E-state index contributed by atoms with van der Waals surface area (Å²) in [6.07, 6.45) is 0. The maximum atomic E-state index is 11.0. The lowest BCUT2D eigenvalue weighted by molar-refractivity contribution is 0.594. The second-order valence-corrected chi connectivity index (χ2v) is 4.10. The summed E-state index contributed by atoms with van der Waals surface area (Å²) in [5.74, 6) is 0. The maximum Gasteiger partial charge on any atom is 0.257 e. The van der Waals surface area contributed by atoms with Crippen molar-refractivity contribution in [2.75, 3.05) is 0 Å². The number of fused-ring (bicyclic) bond motifs is 1. The van der Waals surface area contributed by atoms with Gasteiger partial charge in [0.05, 0.1) is 5.52 Å². The van der Waals surface area contributed by atoms with Crippen molar-refractivity contribution < 1.29 is 8.42 Å². The Balaban J connectivity index is 2.87. The first-order chi connectivity index (χ1) is 6.09. The van der Waals surface area contributed by atoms with Crippen LogP contribution >= 0.6 is 0 Å². The number of nitrogens with two attached hydrogens (primary N) is 1. The summed E-state index contributed by atoms with van der Waals surface area (Å²) in [6, 6.07) is 6.90. The Morgan fingerprint density at radius 2 is 2.00 bits per heavy atom. The third-order valence-electron chi connectivity index (χ3n) is 1.70. The number of rotatable bonds is 1. The monoisotopic (exact) mass is 197 g/mol. The van der Waals surface area contributed by atoms with E-state index in [1.54, 1.807) is 24.3 Å². The van der Waals surface area contributed by atoms with E-state index in [0.29, 0.717) is 10.9 Å². The molecular weight excluding hydrogens is 190 g/mol. The summed E-state index contributed by atoms with van der Waals surface area (Å²) in [7, 11) is -3.73. The number of aromatic nitrogens is 2. The molecule has 2 rings (SSSR count). The Labute approximate surface area is 74.6 Å². The van der Waals surface area contributed by atoms with E-state index in [1.807, 2.05) is 0 Å². The molecule has 2 aromatic rings.